The molecule has 86 valence electrons. The van der Waals surface area contributed by atoms with Gasteiger partial charge >= 0.3 is 5.97 Å². The standard InChI is InChI=1S/C11H14N2O3/c12-6-10(14)13-7-9(11(15)16)8-4-2-1-3-5-8/h1-5,9H,6-7,12H2,(H,13,14)(H,15,16). The molecule has 1 amide bonds. The van der Waals surface area contributed by atoms with Crippen molar-refractivity contribution in [2.45, 2.75) is 5.92 Å². The van der Waals surface area contributed by atoms with Crippen LogP contribution >= 0.6 is 0 Å². The first-order valence-electron chi connectivity index (χ1n) is 4.89. The van der Waals surface area contributed by atoms with Gasteiger partial charge in [0.15, 0.2) is 0 Å². The van der Waals surface area contributed by atoms with Crippen molar-refractivity contribution in [1.29, 1.82) is 0 Å². The number of nitrogens with two attached hydrogens (primary N) is 1. The molecule has 1 unspecified atom stereocenters. The number of hydrogen-bond acceptors (Lipinski definition) is 3. The van der Waals surface area contributed by atoms with E-state index < -0.39 is 11.9 Å². The molecule has 0 fully saturated rings. The molecule has 5 heteroatoms. The van der Waals surface area contributed by atoms with Gasteiger partial charge in [-0.05, 0) is 5.56 Å². The number of amides is 1. The van der Waals surface area contributed by atoms with Gasteiger partial charge in [-0.25, -0.2) is 0 Å². The number of benzene rings is 1. The summed E-state index contributed by atoms with van der Waals surface area (Å²) in [6.45, 7) is -0.0868. The first-order valence-corrected chi connectivity index (χ1v) is 4.89. The summed E-state index contributed by atoms with van der Waals surface area (Å²) >= 11 is 0. The van der Waals surface area contributed by atoms with Crippen molar-refractivity contribution in [3.63, 3.8) is 0 Å². The summed E-state index contributed by atoms with van der Waals surface area (Å²) in [4.78, 5) is 22.0. The van der Waals surface area contributed by atoms with Crippen LogP contribution in [0, 0.1) is 0 Å². The molecule has 0 bridgehead atoms. The topological polar surface area (TPSA) is 92.4 Å². The van der Waals surface area contributed by atoms with Crippen molar-refractivity contribution in [1.82, 2.24) is 5.32 Å². The summed E-state index contributed by atoms with van der Waals surface area (Å²) in [5.41, 5.74) is 5.77. The first-order chi connectivity index (χ1) is 7.65. The van der Waals surface area contributed by atoms with Crippen molar-refractivity contribution in [2.75, 3.05) is 13.1 Å². The van der Waals surface area contributed by atoms with Crippen LogP contribution < -0.4 is 11.1 Å². The molecule has 16 heavy (non-hydrogen) atoms. The van der Waals surface area contributed by atoms with E-state index in [0.29, 0.717) is 5.56 Å². The number of carboxylic acid groups (broad SMARTS) is 1. The maximum absolute atomic E-state index is 11.0. The third-order valence-corrected chi connectivity index (χ3v) is 2.19. The molecule has 1 aromatic rings. The van der Waals surface area contributed by atoms with Crippen LogP contribution in [0.25, 0.3) is 0 Å². The van der Waals surface area contributed by atoms with Crippen LogP contribution in [-0.4, -0.2) is 30.1 Å². The predicted octanol–water partition coefficient (Wildman–Crippen LogP) is -0.0703. The molecule has 4 N–H and O–H groups in total. The molecule has 0 saturated carbocycles. The Balaban J connectivity index is 2.69. The Bertz CT molecular complexity index is 365. The van der Waals surface area contributed by atoms with Gasteiger partial charge in [-0.3, -0.25) is 9.59 Å². The molecule has 1 rings (SSSR count). The maximum Gasteiger partial charge on any atom is 0.312 e. The Labute approximate surface area is 93.3 Å². The van der Waals surface area contributed by atoms with Crippen LogP contribution in [0.5, 0.6) is 0 Å². The fourth-order valence-electron chi connectivity index (χ4n) is 1.32. The molecular weight excluding hydrogens is 208 g/mol. The zero-order valence-electron chi connectivity index (χ0n) is 8.72. The largest absolute Gasteiger partial charge is 0.481 e. The molecule has 0 aliphatic carbocycles. The molecule has 1 atom stereocenters. The van der Waals surface area contributed by atoms with Gasteiger partial charge in [0.25, 0.3) is 0 Å². The number of carboxylic acids is 1. The van der Waals surface area contributed by atoms with Crippen molar-refractivity contribution < 1.29 is 14.7 Å². The van der Waals surface area contributed by atoms with Gasteiger partial charge in [-0.1, -0.05) is 30.3 Å². The molecule has 0 aliphatic rings. The van der Waals surface area contributed by atoms with Gasteiger partial charge in [0.1, 0.15) is 0 Å². The number of carbonyl (C=O) groups is 2. The summed E-state index contributed by atoms with van der Waals surface area (Å²) < 4.78 is 0. The smallest absolute Gasteiger partial charge is 0.312 e. The first kappa shape index (κ1) is 12.2. The quantitative estimate of drug-likeness (QED) is 0.650. The molecule has 0 heterocycles. The van der Waals surface area contributed by atoms with Crippen molar-refractivity contribution in [3.05, 3.63) is 35.9 Å². The molecular formula is C11H14N2O3. The van der Waals surface area contributed by atoms with Gasteiger partial charge in [-0.15, -0.1) is 0 Å². The SMILES string of the molecule is NCC(=O)NCC(C(=O)O)c1ccccc1. The second-order valence-corrected chi connectivity index (χ2v) is 3.31. The van der Waals surface area contributed by atoms with Crippen LogP contribution in [0.3, 0.4) is 0 Å². The third kappa shape index (κ3) is 3.36. The van der Waals surface area contributed by atoms with Crippen LogP contribution in [-0.2, 0) is 9.59 Å². The Kier molecular flexibility index (Phi) is 4.47. The van der Waals surface area contributed by atoms with Gasteiger partial charge in [0, 0.05) is 6.54 Å². The van der Waals surface area contributed by atoms with Crippen molar-refractivity contribution >= 4 is 11.9 Å². The van der Waals surface area contributed by atoms with E-state index >= 15 is 0 Å². The minimum Gasteiger partial charge on any atom is -0.481 e. The van der Waals surface area contributed by atoms with E-state index in [4.69, 9.17) is 10.8 Å². The van der Waals surface area contributed by atoms with E-state index in [1.165, 1.54) is 0 Å². The average molecular weight is 222 g/mol. The Morgan fingerprint density at radius 2 is 1.94 bits per heavy atom. The Morgan fingerprint density at radius 3 is 2.44 bits per heavy atom. The number of aliphatic carboxylic acids is 1. The second-order valence-electron chi connectivity index (χ2n) is 3.31. The number of hydrogen-bond donors (Lipinski definition) is 3. The summed E-state index contributed by atoms with van der Waals surface area (Å²) in [7, 11) is 0. The van der Waals surface area contributed by atoms with Gasteiger partial charge in [0.05, 0.1) is 12.5 Å². The Hall–Kier alpha value is -1.88. The average Bonchev–Trinajstić information content (AvgIpc) is 2.30. The fourth-order valence-corrected chi connectivity index (χ4v) is 1.32. The lowest BCUT2D eigenvalue weighted by atomic mass is 9.99. The number of rotatable bonds is 5. The Morgan fingerprint density at radius 1 is 1.31 bits per heavy atom. The second kappa shape index (κ2) is 5.87. The molecule has 1 aromatic carbocycles. The summed E-state index contributed by atoms with van der Waals surface area (Å²) in [6, 6.07) is 8.76. The molecule has 0 saturated heterocycles. The van der Waals surface area contributed by atoms with Crippen LogP contribution in [0.2, 0.25) is 0 Å². The fraction of sp³-hybridized carbons (Fsp3) is 0.273. The summed E-state index contributed by atoms with van der Waals surface area (Å²) in [6.07, 6.45) is 0. The lowest BCUT2D eigenvalue weighted by Gasteiger charge is -2.13. The highest BCUT2D eigenvalue weighted by Crippen LogP contribution is 2.14. The van der Waals surface area contributed by atoms with E-state index in [1.54, 1.807) is 30.3 Å². The zero-order valence-corrected chi connectivity index (χ0v) is 8.72. The minimum absolute atomic E-state index is 0.0510. The van der Waals surface area contributed by atoms with Crippen molar-refractivity contribution in [2.24, 2.45) is 5.73 Å². The third-order valence-electron chi connectivity index (χ3n) is 2.19. The van der Waals surface area contributed by atoms with E-state index in [1.807, 2.05) is 0 Å². The monoisotopic (exact) mass is 222 g/mol. The van der Waals surface area contributed by atoms with Crippen LogP contribution in [0.15, 0.2) is 30.3 Å². The van der Waals surface area contributed by atoms with Gasteiger partial charge in [-0.2, -0.15) is 0 Å². The minimum atomic E-state index is -0.969. The van der Waals surface area contributed by atoms with E-state index in [2.05, 4.69) is 5.32 Å². The van der Waals surface area contributed by atoms with Crippen LogP contribution in [0.4, 0.5) is 0 Å². The highest BCUT2D eigenvalue weighted by molar-refractivity contribution is 5.80. The van der Waals surface area contributed by atoms with E-state index in [-0.39, 0.29) is 19.0 Å². The maximum atomic E-state index is 11.0. The highest BCUT2D eigenvalue weighted by atomic mass is 16.4. The lowest BCUT2D eigenvalue weighted by Crippen LogP contribution is -2.35. The van der Waals surface area contributed by atoms with Crippen LogP contribution in [0.1, 0.15) is 11.5 Å². The lowest BCUT2D eigenvalue weighted by molar-refractivity contribution is -0.138. The highest BCUT2D eigenvalue weighted by Gasteiger charge is 2.19. The summed E-state index contributed by atoms with van der Waals surface area (Å²) in [5, 5.41) is 11.5. The van der Waals surface area contributed by atoms with Gasteiger partial charge < -0.3 is 16.2 Å². The molecule has 0 aromatic heterocycles. The summed E-state index contributed by atoms with van der Waals surface area (Å²) in [5.74, 6) is -2.07. The normalized spacial score (nSPS) is 11.8. The number of nitrogens with one attached hydrogen (secondary N) is 1. The molecule has 5 nitrogen and oxygen atoms in total. The number of carbonyl (C=O) groups excluding carboxylic acids is 1. The zero-order chi connectivity index (χ0) is 12.0. The molecule has 0 spiro atoms. The van der Waals surface area contributed by atoms with E-state index in [9.17, 15) is 9.59 Å². The molecule has 0 aliphatic heterocycles. The predicted molar refractivity (Wildman–Crippen MR) is 58.9 cm³/mol. The van der Waals surface area contributed by atoms with E-state index in [0.717, 1.165) is 0 Å². The molecule has 0 radical (unpaired) electrons. The van der Waals surface area contributed by atoms with Crippen molar-refractivity contribution in [3.8, 4) is 0 Å². The van der Waals surface area contributed by atoms with Gasteiger partial charge in [0.2, 0.25) is 5.91 Å².